The third-order valence-electron chi connectivity index (χ3n) is 3.91. The minimum absolute atomic E-state index is 0.0738. The summed E-state index contributed by atoms with van der Waals surface area (Å²) in [5, 5.41) is 0. The second kappa shape index (κ2) is 6.75. The Morgan fingerprint density at radius 3 is 2.70 bits per heavy atom. The highest BCUT2D eigenvalue weighted by molar-refractivity contribution is 5.75. The molecule has 0 radical (unpaired) electrons. The maximum Gasteiger partial charge on any atom is 0.322 e. The molecule has 4 heteroatoms. The summed E-state index contributed by atoms with van der Waals surface area (Å²) in [4.78, 5) is 13.9. The van der Waals surface area contributed by atoms with Gasteiger partial charge in [-0.25, -0.2) is 0 Å². The molecule has 0 amide bonds. The number of likely N-dealkylation sites (tertiary alicyclic amines) is 1. The third-order valence-corrected chi connectivity index (χ3v) is 3.91. The number of carbonyl (C=O) groups is 1. The van der Waals surface area contributed by atoms with E-state index in [2.05, 4.69) is 11.8 Å². The predicted octanol–water partition coefficient (Wildman–Crippen LogP) is 2.68. The number of benzene rings is 1. The topological polar surface area (TPSA) is 38.8 Å². The van der Waals surface area contributed by atoms with Crippen molar-refractivity contribution in [1.82, 2.24) is 4.90 Å². The molecule has 0 bridgehead atoms. The van der Waals surface area contributed by atoms with E-state index in [9.17, 15) is 4.79 Å². The van der Waals surface area contributed by atoms with E-state index < -0.39 is 0 Å². The number of methoxy groups -OCH3 is 1. The van der Waals surface area contributed by atoms with E-state index in [1.165, 1.54) is 7.11 Å². The molecule has 1 aliphatic rings. The van der Waals surface area contributed by atoms with Crippen LogP contribution in [0.15, 0.2) is 30.3 Å². The van der Waals surface area contributed by atoms with Crippen molar-refractivity contribution < 1.29 is 14.3 Å². The molecular formula is C16H23NO3. The normalized spacial score (nSPS) is 24.9. The molecular weight excluding hydrogens is 254 g/mol. The van der Waals surface area contributed by atoms with Gasteiger partial charge in [0.2, 0.25) is 0 Å². The molecule has 1 aliphatic heterocycles. The average Bonchev–Trinajstić information content (AvgIpc) is 2.47. The zero-order valence-electron chi connectivity index (χ0n) is 12.4. The Hall–Kier alpha value is -1.55. The summed E-state index contributed by atoms with van der Waals surface area (Å²) in [5.74, 6) is 1.24. The van der Waals surface area contributed by atoms with Gasteiger partial charge in [0.1, 0.15) is 11.8 Å². The van der Waals surface area contributed by atoms with Gasteiger partial charge in [-0.2, -0.15) is 0 Å². The fraction of sp³-hybridized carbons (Fsp3) is 0.562. The van der Waals surface area contributed by atoms with E-state index in [0.29, 0.717) is 5.92 Å². The number of ether oxygens (including phenoxy) is 2. The van der Waals surface area contributed by atoms with Crippen LogP contribution in [-0.2, 0) is 9.53 Å². The molecule has 1 fully saturated rings. The van der Waals surface area contributed by atoms with E-state index >= 15 is 0 Å². The Balaban J connectivity index is 2.10. The lowest BCUT2D eigenvalue weighted by Gasteiger charge is -2.40. The van der Waals surface area contributed by atoms with Crippen LogP contribution in [-0.4, -0.2) is 36.8 Å². The third kappa shape index (κ3) is 3.51. The Kier molecular flexibility index (Phi) is 5.01. The van der Waals surface area contributed by atoms with Crippen LogP contribution >= 0.6 is 0 Å². The van der Waals surface area contributed by atoms with Crippen molar-refractivity contribution in [3.05, 3.63) is 30.3 Å². The van der Waals surface area contributed by atoms with Crippen LogP contribution in [0.1, 0.15) is 26.7 Å². The zero-order chi connectivity index (χ0) is 14.5. The molecule has 4 nitrogen and oxygen atoms in total. The number of nitrogens with zero attached hydrogens (tertiary/aromatic N) is 1. The standard InChI is InChI=1S/C16H23NO3/c1-12-9-10-17(13(2)16(18)19-3)15(11-12)20-14-7-5-4-6-8-14/h4-8,12-13,15H,9-11H2,1-3H3. The lowest BCUT2D eigenvalue weighted by molar-refractivity contribution is -0.152. The summed E-state index contributed by atoms with van der Waals surface area (Å²) < 4.78 is 10.9. The van der Waals surface area contributed by atoms with Crippen LogP contribution in [0.5, 0.6) is 5.75 Å². The zero-order valence-corrected chi connectivity index (χ0v) is 12.4. The summed E-state index contributed by atoms with van der Waals surface area (Å²) in [7, 11) is 1.43. The number of carbonyl (C=O) groups excluding carboxylic acids is 1. The van der Waals surface area contributed by atoms with Crippen molar-refractivity contribution in [3.8, 4) is 5.75 Å². The molecule has 20 heavy (non-hydrogen) atoms. The van der Waals surface area contributed by atoms with Crippen LogP contribution in [0.4, 0.5) is 0 Å². The molecule has 0 saturated carbocycles. The summed E-state index contributed by atoms with van der Waals surface area (Å²) in [6.07, 6.45) is 1.93. The van der Waals surface area contributed by atoms with Gasteiger partial charge in [0.05, 0.1) is 7.11 Å². The van der Waals surface area contributed by atoms with Crippen LogP contribution in [0.25, 0.3) is 0 Å². The van der Waals surface area contributed by atoms with Gasteiger partial charge in [0.15, 0.2) is 6.23 Å². The van der Waals surface area contributed by atoms with E-state index in [1.54, 1.807) is 0 Å². The smallest absolute Gasteiger partial charge is 0.322 e. The predicted molar refractivity (Wildman–Crippen MR) is 77.4 cm³/mol. The second-order valence-electron chi connectivity index (χ2n) is 5.45. The highest BCUT2D eigenvalue weighted by Gasteiger charge is 2.34. The van der Waals surface area contributed by atoms with Crippen molar-refractivity contribution >= 4 is 5.97 Å². The molecule has 1 saturated heterocycles. The fourth-order valence-corrected chi connectivity index (χ4v) is 2.63. The molecule has 1 heterocycles. The average molecular weight is 277 g/mol. The van der Waals surface area contributed by atoms with E-state index in [4.69, 9.17) is 9.47 Å². The van der Waals surface area contributed by atoms with E-state index in [0.717, 1.165) is 25.1 Å². The molecule has 0 aromatic heterocycles. The summed E-state index contributed by atoms with van der Waals surface area (Å²) >= 11 is 0. The number of hydrogen-bond donors (Lipinski definition) is 0. The summed E-state index contributed by atoms with van der Waals surface area (Å²) in [6, 6.07) is 9.48. The lowest BCUT2D eigenvalue weighted by Crippen LogP contribution is -2.52. The van der Waals surface area contributed by atoms with Gasteiger partial charge in [0.25, 0.3) is 0 Å². The number of para-hydroxylation sites is 1. The quantitative estimate of drug-likeness (QED) is 0.793. The Morgan fingerprint density at radius 1 is 1.35 bits per heavy atom. The number of rotatable bonds is 4. The van der Waals surface area contributed by atoms with Crippen LogP contribution in [0, 0.1) is 5.92 Å². The maximum atomic E-state index is 11.8. The Bertz CT molecular complexity index is 435. The molecule has 2 rings (SSSR count). The van der Waals surface area contributed by atoms with Gasteiger partial charge < -0.3 is 9.47 Å². The minimum Gasteiger partial charge on any atom is -0.475 e. The van der Waals surface area contributed by atoms with Crippen molar-refractivity contribution in [3.63, 3.8) is 0 Å². The van der Waals surface area contributed by atoms with Crippen molar-refractivity contribution in [2.24, 2.45) is 5.92 Å². The Morgan fingerprint density at radius 2 is 2.05 bits per heavy atom. The number of esters is 1. The highest BCUT2D eigenvalue weighted by Crippen LogP contribution is 2.27. The minimum atomic E-state index is -0.277. The summed E-state index contributed by atoms with van der Waals surface area (Å²) in [6.45, 7) is 4.96. The largest absolute Gasteiger partial charge is 0.475 e. The molecule has 0 aliphatic carbocycles. The fourth-order valence-electron chi connectivity index (χ4n) is 2.63. The SMILES string of the molecule is COC(=O)C(C)N1CCC(C)CC1Oc1ccccc1. The van der Waals surface area contributed by atoms with Gasteiger partial charge in [0, 0.05) is 13.0 Å². The molecule has 0 N–H and O–H groups in total. The van der Waals surface area contributed by atoms with E-state index in [-0.39, 0.29) is 18.2 Å². The molecule has 1 aromatic rings. The van der Waals surface area contributed by atoms with Gasteiger partial charge in [-0.05, 0) is 31.4 Å². The van der Waals surface area contributed by atoms with Crippen LogP contribution in [0.3, 0.4) is 0 Å². The van der Waals surface area contributed by atoms with Gasteiger partial charge in [-0.3, -0.25) is 9.69 Å². The maximum absolute atomic E-state index is 11.8. The molecule has 3 atom stereocenters. The van der Waals surface area contributed by atoms with Crippen molar-refractivity contribution in [2.45, 2.75) is 39.0 Å². The van der Waals surface area contributed by atoms with Crippen LogP contribution in [0.2, 0.25) is 0 Å². The van der Waals surface area contributed by atoms with Gasteiger partial charge in [-0.1, -0.05) is 25.1 Å². The highest BCUT2D eigenvalue weighted by atomic mass is 16.5. The first-order valence-electron chi connectivity index (χ1n) is 7.17. The first kappa shape index (κ1) is 14.9. The monoisotopic (exact) mass is 277 g/mol. The first-order valence-corrected chi connectivity index (χ1v) is 7.17. The first-order chi connectivity index (χ1) is 9.61. The van der Waals surface area contributed by atoms with Gasteiger partial charge >= 0.3 is 5.97 Å². The van der Waals surface area contributed by atoms with Gasteiger partial charge in [-0.15, -0.1) is 0 Å². The lowest BCUT2D eigenvalue weighted by atomic mass is 9.96. The molecule has 3 unspecified atom stereocenters. The molecule has 1 aromatic carbocycles. The molecule has 0 spiro atoms. The number of hydrogen-bond acceptors (Lipinski definition) is 4. The summed E-state index contributed by atoms with van der Waals surface area (Å²) in [5.41, 5.74) is 0. The number of piperidine rings is 1. The molecule has 110 valence electrons. The second-order valence-corrected chi connectivity index (χ2v) is 5.45. The van der Waals surface area contributed by atoms with Crippen molar-refractivity contribution in [1.29, 1.82) is 0 Å². The Labute approximate surface area is 120 Å². The van der Waals surface area contributed by atoms with Crippen molar-refractivity contribution in [2.75, 3.05) is 13.7 Å². The van der Waals surface area contributed by atoms with Crippen LogP contribution < -0.4 is 4.74 Å². The van der Waals surface area contributed by atoms with E-state index in [1.807, 2.05) is 37.3 Å².